The van der Waals surface area contributed by atoms with E-state index in [1.54, 1.807) is 19.9 Å². The third-order valence-corrected chi connectivity index (χ3v) is 4.43. The average Bonchev–Trinajstić information content (AvgIpc) is 2.47. The lowest BCUT2D eigenvalue weighted by Gasteiger charge is -2.24. The molecular formula is C14H24ClN3O4S. The van der Waals surface area contributed by atoms with Gasteiger partial charge in [0.05, 0.1) is 11.5 Å². The van der Waals surface area contributed by atoms with Crippen LogP contribution in [-0.4, -0.2) is 46.7 Å². The molecule has 0 aliphatic carbocycles. The maximum atomic E-state index is 12.2. The van der Waals surface area contributed by atoms with Gasteiger partial charge in [0.1, 0.15) is 0 Å². The molecule has 1 amide bonds. The van der Waals surface area contributed by atoms with E-state index in [-0.39, 0.29) is 48.5 Å². The molecule has 0 atom stereocenters. The Balaban J connectivity index is 0.00000484. The van der Waals surface area contributed by atoms with Gasteiger partial charge >= 0.3 is 0 Å². The van der Waals surface area contributed by atoms with E-state index < -0.39 is 15.6 Å². The van der Waals surface area contributed by atoms with Crippen molar-refractivity contribution in [1.82, 2.24) is 10.0 Å². The summed E-state index contributed by atoms with van der Waals surface area (Å²) in [4.78, 5) is 12.2. The second kappa shape index (κ2) is 9.19. The van der Waals surface area contributed by atoms with E-state index in [0.29, 0.717) is 0 Å². The van der Waals surface area contributed by atoms with Gasteiger partial charge in [-0.15, -0.1) is 12.4 Å². The molecule has 0 radical (unpaired) electrons. The molecule has 0 fully saturated rings. The Morgan fingerprint density at radius 3 is 2.57 bits per heavy atom. The summed E-state index contributed by atoms with van der Waals surface area (Å²) in [6, 6.07) is 5.84. The Morgan fingerprint density at radius 1 is 1.35 bits per heavy atom. The summed E-state index contributed by atoms with van der Waals surface area (Å²) in [7, 11) is -2.19. The predicted molar refractivity (Wildman–Crippen MR) is 91.4 cm³/mol. The molecule has 0 bridgehead atoms. The molecule has 1 aromatic carbocycles. The standard InChI is InChI=1S/C14H23N3O4S.ClH/c1-14(2,10-15)17-13(18)11-5-4-6-12(9-11)22(19,20)16-7-8-21-3;/h4-6,9,16H,7-8,10,15H2,1-3H3,(H,17,18);1H. The van der Waals surface area contributed by atoms with Gasteiger partial charge in [-0.05, 0) is 32.0 Å². The third-order valence-electron chi connectivity index (χ3n) is 2.97. The van der Waals surface area contributed by atoms with Crippen molar-refractivity contribution >= 4 is 28.3 Å². The number of benzene rings is 1. The minimum Gasteiger partial charge on any atom is -0.383 e. The van der Waals surface area contributed by atoms with Gasteiger partial charge in [0.25, 0.3) is 5.91 Å². The highest BCUT2D eigenvalue weighted by Gasteiger charge is 2.21. The average molecular weight is 366 g/mol. The highest BCUT2D eigenvalue weighted by molar-refractivity contribution is 7.89. The van der Waals surface area contributed by atoms with Gasteiger partial charge in [0.2, 0.25) is 10.0 Å². The van der Waals surface area contributed by atoms with Crippen LogP contribution in [0.15, 0.2) is 29.2 Å². The number of carbonyl (C=O) groups excluding carboxylic acids is 1. The summed E-state index contributed by atoms with van der Waals surface area (Å²) in [5, 5.41) is 2.75. The highest BCUT2D eigenvalue weighted by Crippen LogP contribution is 2.12. The first-order valence-corrected chi connectivity index (χ1v) is 8.31. The number of amides is 1. The van der Waals surface area contributed by atoms with E-state index in [1.807, 2.05) is 0 Å². The number of nitrogens with one attached hydrogen (secondary N) is 2. The summed E-state index contributed by atoms with van der Waals surface area (Å²) >= 11 is 0. The van der Waals surface area contributed by atoms with Gasteiger partial charge in [0, 0.05) is 31.3 Å². The van der Waals surface area contributed by atoms with Gasteiger partial charge in [-0.3, -0.25) is 4.79 Å². The molecule has 0 unspecified atom stereocenters. The van der Waals surface area contributed by atoms with Crippen LogP contribution in [0.3, 0.4) is 0 Å². The molecule has 4 N–H and O–H groups in total. The highest BCUT2D eigenvalue weighted by atomic mass is 35.5. The summed E-state index contributed by atoms with van der Waals surface area (Å²) in [6.07, 6.45) is 0. The van der Waals surface area contributed by atoms with Crippen molar-refractivity contribution in [3.8, 4) is 0 Å². The van der Waals surface area contributed by atoms with Crippen molar-refractivity contribution in [3.63, 3.8) is 0 Å². The van der Waals surface area contributed by atoms with Crippen LogP contribution in [-0.2, 0) is 14.8 Å². The first-order valence-electron chi connectivity index (χ1n) is 6.83. The summed E-state index contributed by atoms with van der Waals surface area (Å²) in [5.74, 6) is -0.371. The molecule has 0 aliphatic heterocycles. The van der Waals surface area contributed by atoms with Crippen molar-refractivity contribution in [3.05, 3.63) is 29.8 Å². The molecule has 132 valence electrons. The van der Waals surface area contributed by atoms with Crippen molar-refractivity contribution in [1.29, 1.82) is 0 Å². The number of methoxy groups -OCH3 is 1. The molecule has 0 heterocycles. The molecule has 0 saturated heterocycles. The zero-order valence-corrected chi connectivity index (χ0v) is 15.1. The second-order valence-corrected chi connectivity index (χ2v) is 7.23. The quantitative estimate of drug-likeness (QED) is 0.581. The third kappa shape index (κ3) is 6.84. The SMILES string of the molecule is COCCNS(=O)(=O)c1cccc(C(=O)NC(C)(C)CN)c1.Cl. The maximum Gasteiger partial charge on any atom is 0.251 e. The number of sulfonamides is 1. The minimum absolute atomic E-state index is 0. The fourth-order valence-electron chi connectivity index (χ4n) is 1.60. The number of rotatable bonds is 8. The number of nitrogens with two attached hydrogens (primary N) is 1. The number of hydrogen-bond acceptors (Lipinski definition) is 5. The van der Waals surface area contributed by atoms with Gasteiger partial charge in [-0.2, -0.15) is 0 Å². The van der Waals surface area contributed by atoms with Crippen molar-refractivity contribution in [2.45, 2.75) is 24.3 Å². The van der Waals surface area contributed by atoms with Crippen molar-refractivity contribution < 1.29 is 17.9 Å². The molecule has 9 heteroatoms. The molecule has 0 aliphatic rings. The molecule has 0 spiro atoms. The van der Waals surface area contributed by atoms with E-state index in [0.717, 1.165) is 0 Å². The van der Waals surface area contributed by atoms with Crippen LogP contribution in [0.4, 0.5) is 0 Å². The zero-order chi connectivity index (χ0) is 16.8. The summed E-state index contributed by atoms with van der Waals surface area (Å²) in [6.45, 7) is 4.28. The van der Waals surface area contributed by atoms with Gasteiger partial charge in [-0.25, -0.2) is 13.1 Å². The summed E-state index contributed by atoms with van der Waals surface area (Å²) < 4.78 is 31.4. The maximum absolute atomic E-state index is 12.2. The first-order chi connectivity index (χ1) is 10.2. The van der Waals surface area contributed by atoms with E-state index >= 15 is 0 Å². The Kier molecular flexibility index (Phi) is 8.71. The van der Waals surface area contributed by atoms with Gasteiger partial charge in [0.15, 0.2) is 0 Å². The normalized spacial score (nSPS) is 11.7. The Bertz CT molecular complexity index is 620. The fourth-order valence-corrected chi connectivity index (χ4v) is 2.66. The zero-order valence-electron chi connectivity index (χ0n) is 13.5. The Morgan fingerprint density at radius 2 is 2.00 bits per heavy atom. The number of halogens is 1. The predicted octanol–water partition coefficient (Wildman–Crippen LogP) is 0.500. The van der Waals surface area contributed by atoms with Crippen LogP contribution in [0.1, 0.15) is 24.2 Å². The Labute approximate surface area is 143 Å². The number of carbonyl (C=O) groups is 1. The smallest absolute Gasteiger partial charge is 0.251 e. The summed E-state index contributed by atoms with van der Waals surface area (Å²) in [5.41, 5.74) is 5.26. The molecule has 0 saturated carbocycles. The lowest BCUT2D eigenvalue weighted by molar-refractivity contribution is 0.0915. The molecule has 23 heavy (non-hydrogen) atoms. The second-order valence-electron chi connectivity index (χ2n) is 5.46. The monoisotopic (exact) mass is 365 g/mol. The first kappa shape index (κ1) is 21.8. The van der Waals surface area contributed by atoms with E-state index in [9.17, 15) is 13.2 Å². The fraction of sp³-hybridized carbons (Fsp3) is 0.500. The topological polar surface area (TPSA) is 111 Å². The number of ether oxygens (including phenoxy) is 1. The molecule has 0 aromatic heterocycles. The number of hydrogen-bond donors (Lipinski definition) is 3. The van der Waals surface area contributed by atoms with E-state index in [1.165, 1.54) is 25.3 Å². The van der Waals surface area contributed by atoms with Gasteiger partial charge in [-0.1, -0.05) is 6.07 Å². The molecule has 1 aromatic rings. The lowest BCUT2D eigenvalue weighted by Crippen LogP contribution is -2.48. The Hall–Kier alpha value is -1.19. The van der Waals surface area contributed by atoms with Crippen molar-refractivity contribution in [2.75, 3.05) is 26.8 Å². The van der Waals surface area contributed by atoms with Crippen LogP contribution < -0.4 is 15.8 Å². The largest absolute Gasteiger partial charge is 0.383 e. The van der Waals surface area contributed by atoms with Crippen molar-refractivity contribution in [2.24, 2.45) is 5.73 Å². The lowest BCUT2D eigenvalue weighted by atomic mass is 10.1. The minimum atomic E-state index is -3.67. The molecule has 1 rings (SSSR count). The van der Waals surface area contributed by atoms with Crippen LogP contribution in [0, 0.1) is 0 Å². The van der Waals surface area contributed by atoms with E-state index in [4.69, 9.17) is 10.5 Å². The molecular weight excluding hydrogens is 342 g/mol. The van der Waals surface area contributed by atoms with Crippen LogP contribution in [0.2, 0.25) is 0 Å². The van der Waals surface area contributed by atoms with Gasteiger partial charge < -0.3 is 15.8 Å². The van der Waals surface area contributed by atoms with E-state index in [2.05, 4.69) is 10.0 Å². The van der Waals surface area contributed by atoms with Crippen LogP contribution in [0.5, 0.6) is 0 Å². The van der Waals surface area contributed by atoms with Crippen LogP contribution in [0.25, 0.3) is 0 Å². The molecule has 7 nitrogen and oxygen atoms in total. The van der Waals surface area contributed by atoms with Crippen LogP contribution >= 0.6 is 12.4 Å².